The van der Waals surface area contributed by atoms with E-state index >= 15 is 0 Å². The minimum Gasteiger partial charge on any atom is -0.494 e. The topological polar surface area (TPSA) is 61.5 Å². The van der Waals surface area contributed by atoms with E-state index in [1.807, 2.05) is 31.2 Å². The number of aromatic nitrogens is 4. The molecular weight excluding hydrogens is 288 g/mol. The van der Waals surface area contributed by atoms with Crippen molar-refractivity contribution in [2.45, 2.75) is 13.3 Å². The molecule has 21 heavy (non-hydrogen) atoms. The normalized spacial score (nSPS) is 11.1. The Kier molecular flexibility index (Phi) is 4.12. The van der Waals surface area contributed by atoms with Crippen LogP contribution in [0, 0.1) is 0 Å². The van der Waals surface area contributed by atoms with E-state index in [4.69, 9.17) is 9.47 Å². The van der Waals surface area contributed by atoms with Crippen molar-refractivity contribution in [1.82, 2.24) is 19.8 Å². The highest BCUT2D eigenvalue weighted by Crippen LogP contribution is 2.27. The third-order valence-corrected chi connectivity index (χ3v) is 3.95. The van der Waals surface area contributed by atoms with Crippen LogP contribution in [0.3, 0.4) is 0 Å². The molecule has 0 saturated heterocycles. The van der Waals surface area contributed by atoms with Crippen molar-refractivity contribution in [3.63, 3.8) is 0 Å². The molecule has 2 aromatic heterocycles. The second-order valence-electron chi connectivity index (χ2n) is 4.42. The Hall–Kier alpha value is -1.99. The molecule has 6 nitrogen and oxygen atoms in total. The minimum atomic E-state index is 0.608. The fraction of sp³-hybridized carbons (Fsp3) is 0.357. The third-order valence-electron chi connectivity index (χ3n) is 3.00. The largest absolute Gasteiger partial charge is 0.494 e. The van der Waals surface area contributed by atoms with Crippen molar-refractivity contribution in [3.8, 4) is 16.3 Å². The Morgan fingerprint density at radius 3 is 2.71 bits per heavy atom. The highest BCUT2D eigenvalue weighted by molar-refractivity contribution is 7.19. The van der Waals surface area contributed by atoms with Gasteiger partial charge in [-0.3, -0.25) is 0 Å². The molecule has 0 aliphatic rings. The maximum Gasteiger partial charge on any atom is 0.234 e. The fourth-order valence-electron chi connectivity index (χ4n) is 1.98. The van der Waals surface area contributed by atoms with E-state index in [9.17, 15) is 0 Å². The smallest absolute Gasteiger partial charge is 0.234 e. The zero-order valence-corrected chi connectivity index (χ0v) is 12.8. The molecule has 3 aromatic rings. The van der Waals surface area contributed by atoms with Crippen molar-refractivity contribution in [3.05, 3.63) is 30.1 Å². The van der Waals surface area contributed by atoms with Gasteiger partial charge in [-0.05, 0) is 31.2 Å². The van der Waals surface area contributed by atoms with Crippen LogP contribution in [0.5, 0.6) is 5.75 Å². The molecule has 110 valence electrons. The molecular formula is C14H16N4O2S. The van der Waals surface area contributed by atoms with Crippen LogP contribution in [0.25, 0.3) is 15.5 Å². The third kappa shape index (κ3) is 2.88. The fourth-order valence-corrected chi connectivity index (χ4v) is 2.85. The van der Waals surface area contributed by atoms with Gasteiger partial charge in [-0.1, -0.05) is 11.3 Å². The molecule has 7 heteroatoms. The van der Waals surface area contributed by atoms with Gasteiger partial charge in [-0.25, -0.2) is 0 Å². The number of nitrogens with zero attached hydrogens (tertiary/aromatic N) is 4. The summed E-state index contributed by atoms with van der Waals surface area (Å²) < 4.78 is 12.3. The molecule has 1 aromatic carbocycles. The predicted molar refractivity (Wildman–Crippen MR) is 80.8 cm³/mol. The van der Waals surface area contributed by atoms with Gasteiger partial charge in [-0.2, -0.15) is 9.61 Å². The molecule has 0 N–H and O–H groups in total. The average Bonchev–Trinajstić information content (AvgIpc) is 3.07. The van der Waals surface area contributed by atoms with Gasteiger partial charge >= 0.3 is 0 Å². The summed E-state index contributed by atoms with van der Waals surface area (Å²) in [6.45, 7) is 3.24. The van der Waals surface area contributed by atoms with Crippen molar-refractivity contribution in [2.24, 2.45) is 0 Å². The number of rotatable bonds is 6. The first kappa shape index (κ1) is 14.0. The zero-order valence-electron chi connectivity index (χ0n) is 11.9. The molecule has 0 bridgehead atoms. The van der Waals surface area contributed by atoms with E-state index in [1.54, 1.807) is 11.6 Å². The van der Waals surface area contributed by atoms with Gasteiger partial charge in [0.1, 0.15) is 10.8 Å². The van der Waals surface area contributed by atoms with Crippen molar-refractivity contribution < 1.29 is 9.47 Å². The molecule has 0 radical (unpaired) electrons. The SMILES string of the molecule is CCOc1ccc(-c2nn3c(CCOC)nnc3s2)cc1. The van der Waals surface area contributed by atoms with E-state index in [-0.39, 0.29) is 0 Å². The molecule has 0 atom stereocenters. The number of hydrogen-bond acceptors (Lipinski definition) is 6. The molecule has 0 spiro atoms. The molecule has 3 rings (SSSR count). The van der Waals surface area contributed by atoms with Gasteiger partial charge < -0.3 is 9.47 Å². The number of fused-ring (bicyclic) bond motifs is 1. The average molecular weight is 304 g/mol. The maximum absolute atomic E-state index is 5.45. The van der Waals surface area contributed by atoms with Gasteiger partial charge in [0.25, 0.3) is 0 Å². The van der Waals surface area contributed by atoms with Gasteiger partial charge in [0, 0.05) is 19.1 Å². The summed E-state index contributed by atoms with van der Waals surface area (Å²) in [5.74, 6) is 1.69. The maximum atomic E-state index is 5.45. The van der Waals surface area contributed by atoms with Gasteiger partial charge in [-0.15, -0.1) is 10.2 Å². The Bertz CT molecular complexity index is 720. The summed E-state index contributed by atoms with van der Waals surface area (Å²) in [5, 5.41) is 13.8. The van der Waals surface area contributed by atoms with E-state index in [1.165, 1.54) is 11.3 Å². The van der Waals surface area contributed by atoms with Crippen LogP contribution in [0.4, 0.5) is 0 Å². The molecule has 0 unspecified atom stereocenters. The Morgan fingerprint density at radius 2 is 2.00 bits per heavy atom. The van der Waals surface area contributed by atoms with Crippen LogP contribution >= 0.6 is 11.3 Å². The molecule has 0 saturated carbocycles. The van der Waals surface area contributed by atoms with E-state index in [2.05, 4.69) is 15.3 Å². The number of hydrogen-bond donors (Lipinski definition) is 0. The van der Waals surface area contributed by atoms with Crippen LogP contribution in [-0.2, 0) is 11.2 Å². The van der Waals surface area contributed by atoms with E-state index in [0.29, 0.717) is 19.6 Å². The highest BCUT2D eigenvalue weighted by Gasteiger charge is 2.12. The van der Waals surface area contributed by atoms with Crippen molar-refractivity contribution >= 4 is 16.3 Å². The second-order valence-corrected chi connectivity index (χ2v) is 5.37. The molecule has 2 heterocycles. The number of benzene rings is 1. The summed E-state index contributed by atoms with van der Waals surface area (Å²) >= 11 is 1.52. The monoisotopic (exact) mass is 304 g/mol. The van der Waals surface area contributed by atoms with Crippen molar-refractivity contribution in [2.75, 3.05) is 20.3 Å². The summed E-state index contributed by atoms with van der Waals surface area (Å²) in [4.78, 5) is 0.796. The van der Waals surface area contributed by atoms with E-state index in [0.717, 1.165) is 27.1 Å². The minimum absolute atomic E-state index is 0.608. The van der Waals surface area contributed by atoms with Crippen LogP contribution < -0.4 is 4.74 Å². The summed E-state index contributed by atoms with van der Waals surface area (Å²) in [6.07, 6.45) is 0.699. The molecule has 0 aliphatic heterocycles. The second kappa shape index (κ2) is 6.19. The zero-order chi connectivity index (χ0) is 14.7. The Balaban J connectivity index is 1.88. The predicted octanol–water partition coefficient (Wildman–Crippen LogP) is 2.44. The Labute approximate surface area is 126 Å². The number of methoxy groups -OCH3 is 1. The lowest BCUT2D eigenvalue weighted by Crippen LogP contribution is -2.01. The van der Waals surface area contributed by atoms with Gasteiger partial charge in [0.2, 0.25) is 4.96 Å². The molecule has 0 fully saturated rings. The summed E-state index contributed by atoms with van der Waals surface area (Å²) in [7, 11) is 1.67. The van der Waals surface area contributed by atoms with Gasteiger partial charge in [0.15, 0.2) is 5.82 Å². The summed E-state index contributed by atoms with van der Waals surface area (Å²) in [6, 6.07) is 7.91. The van der Waals surface area contributed by atoms with Crippen LogP contribution in [0.15, 0.2) is 24.3 Å². The highest BCUT2D eigenvalue weighted by atomic mass is 32.1. The first-order chi connectivity index (χ1) is 10.3. The lowest BCUT2D eigenvalue weighted by Gasteiger charge is -2.02. The first-order valence-corrected chi connectivity index (χ1v) is 7.56. The number of ether oxygens (including phenoxy) is 2. The molecule has 0 aliphatic carbocycles. The first-order valence-electron chi connectivity index (χ1n) is 6.75. The summed E-state index contributed by atoms with van der Waals surface area (Å²) in [5.41, 5.74) is 1.05. The Morgan fingerprint density at radius 1 is 1.19 bits per heavy atom. The van der Waals surface area contributed by atoms with Crippen molar-refractivity contribution in [1.29, 1.82) is 0 Å². The van der Waals surface area contributed by atoms with Crippen LogP contribution in [-0.4, -0.2) is 40.1 Å². The van der Waals surface area contributed by atoms with Gasteiger partial charge in [0.05, 0.1) is 13.2 Å². The van der Waals surface area contributed by atoms with Crippen LogP contribution in [0.2, 0.25) is 0 Å². The van der Waals surface area contributed by atoms with Crippen LogP contribution in [0.1, 0.15) is 12.7 Å². The quantitative estimate of drug-likeness (QED) is 0.700. The van der Waals surface area contributed by atoms with E-state index < -0.39 is 0 Å². The lowest BCUT2D eigenvalue weighted by atomic mass is 10.2. The molecule has 0 amide bonds. The standard InChI is InChI=1S/C14H16N4O2S/c1-3-20-11-6-4-10(5-7-11)13-17-18-12(8-9-19-2)15-16-14(18)21-13/h4-7H,3,8-9H2,1-2H3. The lowest BCUT2D eigenvalue weighted by molar-refractivity contribution is 0.200.